The Morgan fingerprint density at radius 1 is 1.09 bits per heavy atom. The maximum Gasteiger partial charge on any atom is 0.324 e. The number of hydrazine groups is 1. The number of nitrogens with zero attached hydrogens (tertiary/aromatic N) is 5. The number of carbonyl (C=O) groups is 5. The molecule has 8 bridgehead atoms. The van der Waals surface area contributed by atoms with Crippen molar-refractivity contribution in [1.82, 2.24) is 35.4 Å². The Morgan fingerprint density at radius 2 is 1.85 bits per heavy atom. The summed E-state index contributed by atoms with van der Waals surface area (Å²) in [4.78, 5) is 79.5. The van der Waals surface area contributed by atoms with E-state index in [9.17, 15) is 29.1 Å². The molecule has 7 heterocycles. The molecule has 0 radical (unpaired) electrons. The average Bonchev–Trinajstić information content (AvgIpc) is 3.90. The molecule has 0 unspecified atom stereocenters. The van der Waals surface area contributed by atoms with Gasteiger partial charge in [0.25, 0.3) is 5.91 Å². The number of ether oxygens (including phenoxy) is 2. The first kappa shape index (κ1) is 47.5. The topological polar surface area (TPSA) is 197 Å². The number of aromatic hydroxyl groups is 1. The van der Waals surface area contributed by atoms with E-state index in [2.05, 4.69) is 53.5 Å². The van der Waals surface area contributed by atoms with E-state index in [1.807, 2.05) is 39.1 Å². The van der Waals surface area contributed by atoms with Crippen molar-refractivity contribution in [3.8, 4) is 16.9 Å². The Kier molecular flexibility index (Phi) is 12.8. The van der Waals surface area contributed by atoms with Crippen molar-refractivity contribution in [3.05, 3.63) is 58.9 Å². The summed E-state index contributed by atoms with van der Waals surface area (Å²) in [6, 6.07) is 8.36. The normalized spacial score (nSPS) is 26.5. The van der Waals surface area contributed by atoms with Gasteiger partial charge in [0.15, 0.2) is 0 Å². The second kappa shape index (κ2) is 18.4. The fourth-order valence-electron chi connectivity index (χ4n) is 11.7. The van der Waals surface area contributed by atoms with Crippen LogP contribution in [0.4, 0.5) is 0 Å². The van der Waals surface area contributed by atoms with Gasteiger partial charge in [-0.25, -0.2) is 5.43 Å². The van der Waals surface area contributed by atoms with Crippen molar-refractivity contribution < 1.29 is 38.6 Å². The van der Waals surface area contributed by atoms with Gasteiger partial charge in [-0.1, -0.05) is 39.8 Å². The number of fused-ring (bicyclic) bond motifs is 7. The number of methoxy groups -OCH3 is 1. The zero-order chi connectivity index (χ0) is 48.4. The number of phenols is 1. The second-order valence-corrected chi connectivity index (χ2v) is 21.1. The average molecular weight is 933 g/mol. The van der Waals surface area contributed by atoms with Gasteiger partial charge in [-0.05, 0) is 117 Å². The molecule has 5 fully saturated rings. The fourth-order valence-corrected chi connectivity index (χ4v) is 11.7. The van der Waals surface area contributed by atoms with Crippen molar-refractivity contribution in [2.45, 2.75) is 135 Å². The molecule has 2 aromatic carbocycles. The molecule has 7 aliphatic rings. The third-order valence-electron chi connectivity index (χ3n) is 15.2. The highest BCUT2D eigenvalue weighted by molar-refractivity contribution is 5.99. The minimum atomic E-state index is -1.16. The van der Waals surface area contributed by atoms with Crippen LogP contribution >= 0.6 is 0 Å². The smallest absolute Gasteiger partial charge is 0.324 e. The van der Waals surface area contributed by atoms with Gasteiger partial charge in [-0.2, -0.15) is 0 Å². The van der Waals surface area contributed by atoms with Gasteiger partial charge in [0.05, 0.1) is 30.1 Å². The van der Waals surface area contributed by atoms with Gasteiger partial charge < -0.3 is 39.6 Å². The largest absolute Gasteiger partial charge is 0.508 e. The van der Waals surface area contributed by atoms with E-state index in [4.69, 9.17) is 14.5 Å². The van der Waals surface area contributed by atoms with Crippen molar-refractivity contribution in [2.75, 3.05) is 40.4 Å². The first-order chi connectivity index (χ1) is 32.4. The summed E-state index contributed by atoms with van der Waals surface area (Å²) in [6.45, 7) is 14.3. The number of amides is 4. The summed E-state index contributed by atoms with van der Waals surface area (Å²) < 4.78 is 14.3. The number of allylic oxidation sites excluding steroid dienone is 1. The number of rotatable bonds is 10. The molecule has 5 atom stereocenters. The first-order valence-corrected chi connectivity index (χ1v) is 24.6. The molecule has 10 rings (SSSR count). The highest BCUT2D eigenvalue weighted by atomic mass is 16.5. The molecule has 1 saturated carbocycles. The van der Waals surface area contributed by atoms with Crippen LogP contribution in [-0.2, 0) is 52.8 Å². The van der Waals surface area contributed by atoms with Crippen LogP contribution in [0, 0.1) is 17.3 Å². The molecule has 0 spiro atoms. The lowest BCUT2D eigenvalue weighted by Gasteiger charge is -2.45. The summed E-state index contributed by atoms with van der Waals surface area (Å²) >= 11 is 0. The number of nitrogens with one attached hydrogen (secondary N) is 3. The molecule has 1 aliphatic carbocycles. The lowest BCUT2D eigenvalue weighted by Crippen LogP contribution is -2.65. The Hall–Kier alpha value is -5.58. The number of carbonyl (C=O) groups excluding carboxylic acids is 5. The first-order valence-electron chi connectivity index (χ1n) is 24.6. The molecule has 6 aliphatic heterocycles. The molecule has 68 heavy (non-hydrogen) atoms. The molecule has 16 heteroatoms. The second-order valence-electron chi connectivity index (χ2n) is 21.1. The van der Waals surface area contributed by atoms with Crippen LogP contribution in [0.2, 0.25) is 0 Å². The van der Waals surface area contributed by atoms with Gasteiger partial charge in [-0.3, -0.25) is 34.0 Å². The van der Waals surface area contributed by atoms with Crippen molar-refractivity contribution in [3.63, 3.8) is 0 Å². The fraction of sp³-hybridized carbons (Fsp3) is 0.577. The summed E-state index contributed by atoms with van der Waals surface area (Å²) in [5, 5.41) is 19.9. The van der Waals surface area contributed by atoms with E-state index in [0.717, 1.165) is 57.4 Å². The van der Waals surface area contributed by atoms with Crippen LogP contribution in [0.5, 0.6) is 5.75 Å². The number of cyclic esters (lactones) is 1. The molecule has 1 aromatic heterocycles. The highest BCUT2D eigenvalue weighted by Gasteiger charge is 2.64. The van der Waals surface area contributed by atoms with E-state index >= 15 is 0 Å². The predicted octanol–water partition coefficient (Wildman–Crippen LogP) is 4.74. The van der Waals surface area contributed by atoms with E-state index in [0.29, 0.717) is 57.3 Å². The lowest BCUT2D eigenvalue weighted by atomic mass is 9.72. The van der Waals surface area contributed by atoms with Crippen molar-refractivity contribution in [1.29, 1.82) is 0 Å². The summed E-state index contributed by atoms with van der Waals surface area (Å²) in [6.07, 6.45) is 5.96. The van der Waals surface area contributed by atoms with Gasteiger partial charge in [-0.15, -0.1) is 0 Å². The predicted molar refractivity (Wildman–Crippen MR) is 258 cm³/mol. The highest BCUT2D eigenvalue weighted by Crippen LogP contribution is 2.52. The number of esters is 1. The SMILES string of the molecule is CCn1c(C2=C([C@H](C)OC)N=CCC2)c2c3cc(ccc31)-c1cc(O)cc(c1)C[C@H](NC(=O)[C@H](C(C)C)N(C)C(=O)C13CC(CN1C(=O)[C@@H]1CN1)C3)C(=O)N1CCC[C@H](N1)C(=O)OCC(C)(C)C2. The Bertz CT molecular complexity index is 2590. The number of aliphatic imine (C=N–C) groups is 1. The monoisotopic (exact) mass is 933 g/mol. The third kappa shape index (κ3) is 8.72. The molecule has 4 amide bonds. The summed E-state index contributed by atoms with van der Waals surface area (Å²) in [5.41, 5.74) is 9.09. The number of aryl methyl sites for hydroxylation is 1. The van der Waals surface area contributed by atoms with E-state index in [1.54, 1.807) is 31.2 Å². The molecule has 16 nitrogen and oxygen atoms in total. The standard InChI is InChI=1S/C52H68N8O8/c1-9-58-42-15-14-33-22-37(42)38(45(58)36-12-10-16-53-43(36)30(4)67-8)25-51(5,6)28-68-49(65)39-13-11-17-60(56-39)48(64)40(20-31-18-34(33)21-35(61)19-31)55-46(62)44(29(2)3)57(7)50(66)52-23-32(24-52)27-59(52)47(63)41-26-54-41/h14-16,18-19,21-22,29-30,32,39-41,44,54,56,61H,9-13,17,20,23-28H2,1-8H3,(H,55,62)/t30-,32?,39-,40-,41-,44-,52?/m0/s1. The number of hydrogen-bond donors (Lipinski definition) is 4. The van der Waals surface area contributed by atoms with Gasteiger partial charge >= 0.3 is 5.97 Å². The third-order valence-corrected chi connectivity index (χ3v) is 15.2. The Balaban J connectivity index is 1.10. The van der Waals surface area contributed by atoms with Crippen LogP contribution in [-0.4, -0.2) is 137 Å². The van der Waals surface area contributed by atoms with E-state index in [-0.39, 0.29) is 61.1 Å². The number of phenolic OH excluding ortho intramolecular Hbond substituents is 1. The minimum absolute atomic E-state index is 0.000494. The lowest BCUT2D eigenvalue weighted by molar-refractivity contribution is -0.157. The maximum atomic E-state index is 14.8. The van der Waals surface area contributed by atoms with Crippen LogP contribution in [0.25, 0.3) is 27.6 Å². The molecule has 4 saturated heterocycles. The molecular weight excluding hydrogens is 865 g/mol. The van der Waals surface area contributed by atoms with Gasteiger partial charge in [0, 0.05) is 74.9 Å². The zero-order valence-electron chi connectivity index (χ0n) is 40.8. The van der Waals surface area contributed by atoms with E-state index in [1.165, 1.54) is 9.91 Å². The summed E-state index contributed by atoms with van der Waals surface area (Å²) in [7, 11) is 3.31. The van der Waals surface area contributed by atoms with Crippen molar-refractivity contribution in [2.24, 2.45) is 22.2 Å². The molecular formula is C52H68N8O8. The zero-order valence-corrected chi connectivity index (χ0v) is 40.8. The number of likely N-dealkylation sites (N-methyl/N-ethyl adjacent to an activating group) is 1. The van der Waals surface area contributed by atoms with Crippen LogP contribution in [0.3, 0.4) is 0 Å². The van der Waals surface area contributed by atoms with E-state index < -0.39 is 46.9 Å². The molecule has 4 N–H and O–H groups in total. The van der Waals surface area contributed by atoms with Crippen LogP contribution in [0.1, 0.15) is 96.9 Å². The Morgan fingerprint density at radius 3 is 2.56 bits per heavy atom. The summed E-state index contributed by atoms with van der Waals surface area (Å²) in [5.74, 6) is -1.92. The minimum Gasteiger partial charge on any atom is -0.508 e. The van der Waals surface area contributed by atoms with Gasteiger partial charge in [0.1, 0.15) is 29.4 Å². The maximum absolute atomic E-state index is 14.8. The number of benzene rings is 2. The quantitative estimate of drug-likeness (QED) is 0.163. The molecule has 364 valence electrons. The number of hydrogen-bond acceptors (Lipinski definition) is 11. The molecule has 3 aromatic rings. The van der Waals surface area contributed by atoms with Crippen LogP contribution in [0.15, 0.2) is 47.1 Å². The van der Waals surface area contributed by atoms with Gasteiger partial charge in [0.2, 0.25) is 17.7 Å². The number of aromatic nitrogens is 1. The van der Waals surface area contributed by atoms with Crippen LogP contribution < -0.4 is 16.1 Å². The van der Waals surface area contributed by atoms with Crippen molar-refractivity contribution >= 4 is 52.3 Å². The Labute approximate surface area is 398 Å².